The van der Waals surface area contributed by atoms with Crippen LogP contribution in [0.5, 0.6) is 0 Å². The minimum absolute atomic E-state index is 0.0894. The second-order valence-electron chi connectivity index (χ2n) is 11.6. The van der Waals surface area contributed by atoms with Crippen molar-refractivity contribution >= 4 is 5.97 Å². The number of hydrogen-bond acceptors (Lipinski definition) is 3. The first-order valence-corrected chi connectivity index (χ1v) is 12.5. The summed E-state index contributed by atoms with van der Waals surface area (Å²) in [6.07, 6.45) is 15.6. The first kappa shape index (κ1) is 17.4. The Kier molecular flexibility index (Phi) is 3.31. The van der Waals surface area contributed by atoms with E-state index in [9.17, 15) is 4.79 Å². The summed E-state index contributed by atoms with van der Waals surface area (Å²) in [5, 5.41) is 0. The van der Waals surface area contributed by atoms with E-state index in [2.05, 4.69) is 13.0 Å². The number of nitrogens with two attached hydrogens (primary N) is 1. The second kappa shape index (κ2) is 5.51. The standard InChI is InChI=1S/C26H35NO2/c1-2-25-9-7-18-17-6-5-16(27)11-15(17)12-19(14-3-4-14)23(18)24(25)20-13-21(20)26(25)10-8-22(28)29-26/h11,14,18-21,23-24H,2-10,12-13,27H2,1H3/t18?,19?,20?,21?,23?,24?,25-,26-/m0/s1. The molecule has 29 heavy (non-hydrogen) atoms. The maximum Gasteiger partial charge on any atom is 0.306 e. The Balaban J connectivity index is 1.35. The Hall–Kier alpha value is -1.25. The van der Waals surface area contributed by atoms with Crippen LogP contribution in [0.3, 0.4) is 0 Å². The number of ether oxygens (including phenoxy) is 1. The molecule has 7 rings (SSSR count). The minimum atomic E-state index is -0.0984. The number of rotatable bonds is 2. The molecular formula is C26H35NO2. The van der Waals surface area contributed by atoms with Crippen molar-refractivity contribution in [1.82, 2.24) is 0 Å². The fourth-order valence-corrected chi connectivity index (χ4v) is 9.82. The molecule has 4 saturated carbocycles. The lowest BCUT2D eigenvalue weighted by Gasteiger charge is -2.59. The summed E-state index contributed by atoms with van der Waals surface area (Å²) < 4.78 is 6.36. The Bertz CT molecular complexity index is 853. The lowest BCUT2D eigenvalue weighted by molar-refractivity contribution is -0.178. The summed E-state index contributed by atoms with van der Waals surface area (Å²) in [6, 6.07) is 0. The molecular weight excluding hydrogens is 358 g/mol. The van der Waals surface area contributed by atoms with Crippen molar-refractivity contribution in [3.05, 3.63) is 22.9 Å². The fourth-order valence-electron chi connectivity index (χ4n) is 9.82. The van der Waals surface area contributed by atoms with Crippen molar-refractivity contribution < 1.29 is 9.53 Å². The normalized spacial score (nSPS) is 52.4. The molecule has 3 nitrogen and oxygen atoms in total. The summed E-state index contributed by atoms with van der Waals surface area (Å²) in [5.41, 5.74) is 11.0. The molecule has 0 amide bonds. The van der Waals surface area contributed by atoms with Crippen LogP contribution < -0.4 is 5.73 Å². The van der Waals surface area contributed by atoms with Gasteiger partial charge in [-0.25, -0.2) is 0 Å². The van der Waals surface area contributed by atoms with Gasteiger partial charge in [0.05, 0.1) is 0 Å². The number of carbonyl (C=O) groups is 1. The summed E-state index contributed by atoms with van der Waals surface area (Å²) >= 11 is 0. The van der Waals surface area contributed by atoms with E-state index in [1.807, 2.05) is 0 Å². The van der Waals surface area contributed by atoms with Gasteiger partial charge in [-0.1, -0.05) is 12.5 Å². The predicted octanol–water partition coefficient (Wildman–Crippen LogP) is 5.11. The summed E-state index contributed by atoms with van der Waals surface area (Å²) in [4.78, 5) is 12.3. The Labute approximate surface area is 174 Å². The van der Waals surface area contributed by atoms with Crippen LogP contribution in [0.15, 0.2) is 22.9 Å². The topological polar surface area (TPSA) is 52.3 Å². The van der Waals surface area contributed by atoms with E-state index in [1.165, 1.54) is 51.4 Å². The molecule has 7 aliphatic rings. The molecule has 0 radical (unpaired) electrons. The van der Waals surface area contributed by atoms with Crippen molar-refractivity contribution in [3.63, 3.8) is 0 Å². The number of esters is 1. The van der Waals surface area contributed by atoms with Crippen LogP contribution in [0.4, 0.5) is 0 Å². The van der Waals surface area contributed by atoms with Gasteiger partial charge in [0.1, 0.15) is 5.60 Å². The van der Waals surface area contributed by atoms with Crippen molar-refractivity contribution in [2.45, 2.75) is 83.2 Å². The van der Waals surface area contributed by atoms with E-state index < -0.39 is 0 Å². The van der Waals surface area contributed by atoms with Crippen molar-refractivity contribution in [1.29, 1.82) is 0 Å². The maximum atomic E-state index is 12.3. The third-order valence-corrected chi connectivity index (χ3v) is 10.9. The van der Waals surface area contributed by atoms with Crippen molar-refractivity contribution in [2.24, 2.45) is 52.6 Å². The van der Waals surface area contributed by atoms with Crippen LogP contribution in [0, 0.1) is 46.8 Å². The number of fused-ring (bicyclic) bond motifs is 8. The molecule has 1 aliphatic heterocycles. The molecule has 6 aliphatic carbocycles. The molecule has 156 valence electrons. The maximum absolute atomic E-state index is 12.3. The minimum Gasteiger partial charge on any atom is -0.458 e. The van der Waals surface area contributed by atoms with E-state index in [1.54, 1.807) is 11.1 Å². The average Bonchev–Trinajstić information content (AvgIpc) is 3.64. The lowest BCUT2D eigenvalue weighted by Crippen LogP contribution is -2.57. The fraction of sp³-hybridized carbons (Fsp3) is 0.808. The first-order valence-electron chi connectivity index (χ1n) is 12.5. The van der Waals surface area contributed by atoms with Gasteiger partial charge in [0, 0.05) is 23.5 Å². The van der Waals surface area contributed by atoms with Gasteiger partial charge in [0.2, 0.25) is 0 Å². The van der Waals surface area contributed by atoms with Crippen molar-refractivity contribution in [3.8, 4) is 0 Å². The molecule has 0 aromatic heterocycles. The molecule has 2 N–H and O–H groups in total. The highest BCUT2D eigenvalue weighted by molar-refractivity contribution is 5.73. The van der Waals surface area contributed by atoms with Crippen LogP contribution >= 0.6 is 0 Å². The zero-order chi connectivity index (χ0) is 19.5. The van der Waals surface area contributed by atoms with Crippen LogP contribution in [0.25, 0.3) is 0 Å². The zero-order valence-corrected chi connectivity index (χ0v) is 17.8. The van der Waals surface area contributed by atoms with Crippen LogP contribution in [-0.4, -0.2) is 11.6 Å². The molecule has 3 heteroatoms. The number of carbonyl (C=O) groups excluding carboxylic acids is 1. The SMILES string of the molecule is CC[C@]12CCC3C4=C(C=C(N)CC4)CC(C4CC4)C3C1C1CC1[C@@]21CCC(=O)O1. The Morgan fingerprint density at radius 1 is 1.14 bits per heavy atom. The summed E-state index contributed by atoms with van der Waals surface area (Å²) in [5.74, 6) is 5.82. The molecule has 0 aromatic rings. The van der Waals surface area contributed by atoms with Gasteiger partial charge < -0.3 is 10.5 Å². The van der Waals surface area contributed by atoms with Crippen LogP contribution in [0.1, 0.15) is 77.6 Å². The van der Waals surface area contributed by atoms with Gasteiger partial charge in [-0.15, -0.1) is 0 Å². The number of hydrogen-bond donors (Lipinski definition) is 1. The highest BCUT2D eigenvalue weighted by atomic mass is 16.6. The highest BCUT2D eigenvalue weighted by Crippen LogP contribution is 2.80. The molecule has 0 bridgehead atoms. The van der Waals surface area contributed by atoms with E-state index in [0.29, 0.717) is 12.3 Å². The first-order chi connectivity index (χ1) is 14.1. The molecule has 6 unspecified atom stereocenters. The molecule has 1 saturated heterocycles. The molecule has 5 fully saturated rings. The molecule has 1 heterocycles. The van der Waals surface area contributed by atoms with Gasteiger partial charge >= 0.3 is 5.97 Å². The monoisotopic (exact) mass is 393 g/mol. The quantitative estimate of drug-likeness (QED) is 0.663. The summed E-state index contributed by atoms with van der Waals surface area (Å²) in [6.45, 7) is 2.41. The largest absolute Gasteiger partial charge is 0.458 e. The van der Waals surface area contributed by atoms with Gasteiger partial charge in [-0.3, -0.25) is 4.79 Å². The van der Waals surface area contributed by atoms with Gasteiger partial charge in [-0.2, -0.15) is 0 Å². The Morgan fingerprint density at radius 3 is 2.72 bits per heavy atom. The third-order valence-electron chi connectivity index (χ3n) is 10.9. The molecule has 8 atom stereocenters. The third kappa shape index (κ3) is 2.03. The Morgan fingerprint density at radius 2 is 2.00 bits per heavy atom. The predicted molar refractivity (Wildman–Crippen MR) is 111 cm³/mol. The van der Waals surface area contributed by atoms with Gasteiger partial charge in [-0.05, 0) is 111 Å². The van der Waals surface area contributed by atoms with E-state index >= 15 is 0 Å². The average molecular weight is 394 g/mol. The number of allylic oxidation sites excluding steroid dienone is 4. The summed E-state index contributed by atoms with van der Waals surface area (Å²) in [7, 11) is 0. The van der Waals surface area contributed by atoms with Crippen molar-refractivity contribution in [2.75, 3.05) is 0 Å². The molecule has 1 spiro atoms. The lowest BCUT2D eigenvalue weighted by atomic mass is 9.46. The van der Waals surface area contributed by atoms with E-state index in [-0.39, 0.29) is 17.0 Å². The van der Waals surface area contributed by atoms with Crippen LogP contribution in [0.2, 0.25) is 0 Å². The van der Waals surface area contributed by atoms with E-state index in [0.717, 1.165) is 54.0 Å². The second-order valence-corrected chi connectivity index (χ2v) is 11.6. The smallest absolute Gasteiger partial charge is 0.306 e. The van der Waals surface area contributed by atoms with Gasteiger partial charge in [0.25, 0.3) is 0 Å². The van der Waals surface area contributed by atoms with Crippen LogP contribution in [-0.2, 0) is 9.53 Å². The molecule has 0 aromatic carbocycles. The zero-order valence-electron chi connectivity index (χ0n) is 17.8. The van der Waals surface area contributed by atoms with Gasteiger partial charge in [0.15, 0.2) is 0 Å². The van der Waals surface area contributed by atoms with E-state index in [4.69, 9.17) is 10.5 Å². The highest BCUT2D eigenvalue weighted by Gasteiger charge is 2.80.